The van der Waals surface area contributed by atoms with Gasteiger partial charge in [-0.1, -0.05) is 35.3 Å². The number of rotatable bonds is 5. The van der Waals surface area contributed by atoms with Gasteiger partial charge in [0.1, 0.15) is 17.3 Å². The summed E-state index contributed by atoms with van der Waals surface area (Å²) < 4.78 is 19.9. The number of anilines is 1. The highest BCUT2D eigenvalue weighted by Gasteiger charge is 2.18. The smallest absolute Gasteiger partial charge is 0.348 e. The van der Waals surface area contributed by atoms with Gasteiger partial charge in [-0.25, -0.2) is 9.18 Å². The molecule has 0 fully saturated rings. The molecule has 0 spiro atoms. The van der Waals surface area contributed by atoms with Crippen molar-refractivity contribution in [2.24, 2.45) is 0 Å². The molecular formula is C23H17Cl2FN4O3. The van der Waals surface area contributed by atoms with E-state index in [2.05, 4.69) is 15.4 Å². The number of halogens is 3. The molecule has 0 aliphatic heterocycles. The van der Waals surface area contributed by atoms with Gasteiger partial charge in [-0.15, -0.1) is 5.10 Å². The van der Waals surface area contributed by atoms with E-state index >= 15 is 0 Å². The first-order valence-corrected chi connectivity index (χ1v) is 10.4. The fourth-order valence-corrected chi connectivity index (χ4v) is 3.80. The lowest BCUT2D eigenvalue weighted by molar-refractivity contribution is 0.102. The summed E-state index contributed by atoms with van der Waals surface area (Å²) in [5.74, 6) is -0.307. The highest BCUT2D eigenvalue weighted by atomic mass is 35.5. The van der Waals surface area contributed by atoms with Crippen LogP contribution >= 0.6 is 23.2 Å². The van der Waals surface area contributed by atoms with Crippen LogP contribution in [-0.4, -0.2) is 27.8 Å². The second kappa shape index (κ2) is 9.09. The third kappa shape index (κ3) is 4.48. The van der Waals surface area contributed by atoms with E-state index in [9.17, 15) is 14.0 Å². The number of aryl methyl sites for hydroxylation is 1. The van der Waals surface area contributed by atoms with Gasteiger partial charge < -0.3 is 10.1 Å². The molecule has 33 heavy (non-hydrogen) atoms. The van der Waals surface area contributed by atoms with Gasteiger partial charge >= 0.3 is 5.69 Å². The summed E-state index contributed by atoms with van der Waals surface area (Å²) in [4.78, 5) is 27.9. The molecule has 0 radical (unpaired) electrons. The third-order valence-corrected chi connectivity index (χ3v) is 5.51. The zero-order valence-corrected chi connectivity index (χ0v) is 19.0. The number of carbonyl (C=O) groups is 1. The van der Waals surface area contributed by atoms with E-state index < -0.39 is 11.6 Å². The number of aromatic nitrogens is 3. The van der Waals surface area contributed by atoms with Crippen LogP contribution in [0.4, 0.5) is 10.1 Å². The number of hydrogen-bond donors (Lipinski definition) is 2. The first-order chi connectivity index (χ1) is 15.8. The Balaban J connectivity index is 1.67. The summed E-state index contributed by atoms with van der Waals surface area (Å²) in [5, 5.41) is 7.54. The summed E-state index contributed by atoms with van der Waals surface area (Å²) >= 11 is 12.4. The zero-order chi connectivity index (χ0) is 23.7. The van der Waals surface area contributed by atoms with Crippen molar-refractivity contribution in [2.45, 2.75) is 6.92 Å². The van der Waals surface area contributed by atoms with Crippen molar-refractivity contribution in [3.63, 3.8) is 0 Å². The molecule has 10 heteroatoms. The first kappa shape index (κ1) is 22.6. The normalized spacial score (nSPS) is 10.8. The van der Waals surface area contributed by atoms with Crippen LogP contribution in [0.3, 0.4) is 0 Å². The molecule has 0 saturated heterocycles. The number of para-hydroxylation sites is 1. The number of carbonyl (C=O) groups excluding carboxylic acids is 1. The SMILES string of the molecule is COc1cc(-c2nn(-c3c(Cl)cccc3Cl)c(=O)[nH]2)ccc1C(=O)Nc1ccc(F)c(C)c1. The van der Waals surface area contributed by atoms with Crippen LogP contribution < -0.4 is 15.7 Å². The molecule has 2 N–H and O–H groups in total. The summed E-state index contributed by atoms with van der Waals surface area (Å²) in [6.45, 7) is 1.61. The Labute approximate surface area is 197 Å². The highest BCUT2D eigenvalue weighted by molar-refractivity contribution is 6.37. The molecular weight excluding hydrogens is 470 g/mol. The van der Waals surface area contributed by atoms with Crippen LogP contribution in [0.2, 0.25) is 10.0 Å². The Morgan fingerprint density at radius 1 is 1.12 bits per heavy atom. The predicted molar refractivity (Wildman–Crippen MR) is 125 cm³/mol. The molecule has 3 aromatic carbocycles. The molecule has 4 aromatic rings. The van der Waals surface area contributed by atoms with Gasteiger partial charge in [-0.05, 0) is 55.0 Å². The van der Waals surface area contributed by atoms with Gasteiger partial charge in [0, 0.05) is 11.3 Å². The summed E-state index contributed by atoms with van der Waals surface area (Å²) in [5.41, 5.74) is 1.33. The Morgan fingerprint density at radius 2 is 1.85 bits per heavy atom. The fourth-order valence-electron chi connectivity index (χ4n) is 3.24. The van der Waals surface area contributed by atoms with Crippen LogP contribution in [0, 0.1) is 12.7 Å². The molecule has 4 rings (SSSR count). The van der Waals surface area contributed by atoms with Gasteiger partial charge in [-0.3, -0.25) is 9.78 Å². The maximum Gasteiger partial charge on any atom is 0.348 e. The van der Waals surface area contributed by atoms with Crippen LogP contribution in [0.5, 0.6) is 5.75 Å². The molecule has 1 heterocycles. The Kier molecular flexibility index (Phi) is 6.22. The summed E-state index contributed by atoms with van der Waals surface area (Å²) in [6, 6.07) is 13.9. The molecule has 168 valence electrons. The number of methoxy groups -OCH3 is 1. The molecule has 7 nitrogen and oxygen atoms in total. The highest BCUT2D eigenvalue weighted by Crippen LogP contribution is 2.29. The van der Waals surface area contributed by atoms with Crippen molar-refractivity contribution in [1.29, 1.82) is 0 Å². The zero-order valence-electron chi connectivity index (χ0n) is 17.4. The summed E-state index contributed by atoms with van der Waals surface area (Å²) in [7, 11) is 1.42. The Hall–Kier alpha value is -3.62. The topological polar surface area (TPSA) is 89.0 Å². The number of benzene rings is 3. The number of hydrogen-bond acceptors (Lipinski definition) is 4. The first-order valence-electron chi connectivity index (χ1n) is 9.68. The minimum atomic E-state index is -0.535. The molecule has 0 unspecified atom stereocenters. The third-order valence-electron chi connectivity index (χ3n) is 4.90. The van der Waals surface area contributed by atoms with Crippen molar-refractivity contribution < 1.29 is 13.9 Å². The van der Waals surface area contributed by atoms with Crippen molar-refractivity contribution >= 4 is 34.8 Å². The van der Waals surface area contributed by atoms with Crippen LogP contribution in [0.1, 0.15) is 15.9 Å². The van der Waals surface area contributed by atoms with E-state index in [0.29, 0.717) is 16.8 Å². The Bertz CT molecular complexity index is 1410. The maximum absolute atomic E-state index is 13.5. The standard InChI is InChI=1S/C23H17Cl2FN4O3/c1-12-10-14(7-9-18(12)26)27-22(31)15-8-6-13(11-19(15)33-2)21-28-23(32)30(29-21)20-16(24)4-3-5-17(20)25/h3-11H,1-2H3,(H,27,31)(H,28,29,32). The van der Waals surface area contributed by atoms with Crippen LogP contribution in [0.15, 0.2) is 59.4 Å². The van der Waals surface area contributed by atoms with E-state index in [0.717, 1.165) is 4.68 Å². The van der Waals surface area contributed by atoms with Crippen LogP contribution in [0.25, 0.3) is 17.1 Å². The average molecular weight is 487 g/mol. The van der Waals surface area contributed by atoms with Gasteiger partial charge in [-0.2, -0.15) is 4.68 Å². The average Bonchev–Trinajstić information content (AvgIpc) is 3.17. The van der Waals surface area contributed by atoms with E-state index in [-0.39, 0.29) is 38.7 Å². The predicted octanol–water partition coefficient (Wildman–Crippen LogP) is 5.24. The molecule has 1 aromatic heterocycles. The number of H-pyrrole nitrogens is 1. The van der Waals surface area contributed by atoms with E-state index in [1.165, 1.54) is 25.3 Å². The second-order valence-corrected chi connectivity index (χ2v) is 7.91. The molecule has 0 bridgehead atoms. The van der Waals surface area contributed by atoms with Crippen molar-refractivity contribution in [3.8, 4) is 22.8 Å². The summed E-state index contributed by atoms with van der Waals surface area (Å²) in [6.07, 6.45) is 0. The van der Waals surface area contributed by atoms with Crippen molar-refractivity contribution in [2.75, 3.05) is 12.4 Å². The molecule has 0 aliphatic carbocycles. The monoisotopic (exact) mass is 486 g/mol. The fraction of sp³-hybridized carbons (Fsp3) is 0.0870. The quantitative estimate of drug-likeness (QED) is 0.403. The minimum absolute atomic E-state index is 0.232. The lowest BCUT2D eigenvalue weighted by Gasteiger charge is -2.11. The molecule has 1 amide bonds. The van der Waals surface area contributed by atoms with Gasteiger partial charge in [0.15, 0.2) is 5.82 Å². The van der Waals surface area contributed by atoms with Crippen LogP contribution in [-0.2, 0) is 0 Å². The van der Waals surface area contributed by atoms with E-state index in [1.54, 1.807) is 43.3 Å². The largest absolute Gasteiger partial charge is 0.496 e. The Morgan fingerprint density at radius 3 is 2.52 bits per heavy atom. The molecule has 0 saturated carbocycles. The minimum Gasteiger partial charge on any atom is -0.496 e. The van der Waals surface area contributed by atoms with Gasteiger partial charge in [0.25, 0.3) is 5.91 Å². The van der Waals surface area contributed by atoms with Gasteiger partial charge in [0.05, 0.1) is 22.7 Å². The van der Waals surface area contributed by atoms with Crippen molar-refractivity contribution in [3.05, 3.63) is 92.1 Å². The number of aromatic amines is 1. The van der Waals surface area contributed by atoms with E-state index in [1.807, 2.05) is 0 Å². The number of amides is 1. The van der Waals surface area contributed by atoms with E-state index in [4.69, 9.17) is 27.9 Å². The molecule has 0 aliphatic rings. The lowest BCUT2D eigenvalue weighted by atomic mass is 10.1. The lowest BCUT2D eigenvalue weighted by Crippen LogP contribution is -2.16. The number of nitrogens with zero attached hydrogens (tertiary/aromatic N) is 2. The number of nitrogens with one attached hydrogen (secondary N) is 2. The van der Waals surface area contributed by atoms with Gasteiger partial charge in [0.2, 0.25) is 0 Å². The van der Waals surface area contributed by atoms with Crippen molar-refractivity contribution in [1.82, 2.24) is 14.8 Å². The number of ether oxygens (including phenoxy) is 1. The maximum atomic E-state index is 13.5. The molecule has 0 atom stereocenters. The second-order valence-electron chi connectivity index (χ2n) is 7.09.